The van der Waals surface area contributed by atoms with Crippen molar-refractivity contribution in [2.75, 3.05) is 30.9 Å². The Balaban J connectivity index is 1.62. The topological polar surface area (TPSA) is 131 Å². The van der Waals surface area contributed by atoms with E-state index in [9.17, 15) is 18.5 Å². The Bertz CT molecular complexity index is 1230. The molecule has 2 aromatic heterocycles. The number of aryl methyl sites for hydroxylation is 1. The van der Waals surface area contributed by atoms with Gasteiger partial charge in [-0.05, 0) is 18.6 Å². The van der Waals surface area contributed by atoms with E-state index in [1.807, 2.05) is 6.92 Å². The van der Waals surface area contributed by atoms with Gasteiger partial charge in [-0.25, -0.2) is 4.98 Å². The number of piperazine rings is 1. The van der Waals surface area contributed by atoms with Crippen LogP contribution in [0, 0.1) is 18.3 Å². The standard InChI is InChI=1S/C18H18N6O3S2/c1-11-2-3-13(16-15(11)12(8-19)9-21-16)23-29(26,27)18-22-10-14(28-18)17(25)24-6-4-20-5-7-24/h2-3,9-10,20-21,23H,4-7H2,1H3. The number of thiazole rings is 1. The van der Waals surface area contributed by atoms with Gasteiger partial charge in [0.15, 0.2) is 0 Å². The van der Waals surface area contributed by atoms with Crippen LogP contribution in [0.5, 0.6) is 0 Å². The number of rotatable bonds is 4. The van der Waals surface area contributed by atoms with Crippen LogP contribution in [0.25, 0.3) is 10.9 Å². The first-order valence-electron chi connectivity index (χ1n) is 8.90. The maximum atomic E-state index is 12.8. The van der Waals surface area contributed by atoms with E-state index < -0.39 is 10.0 Å². The summed E-state index contributed by atoms with van der Waals surface area (Å²) < 4.78 is 28.0. The molecule has 0 spiro atoms. The van der Waals surface area contributed by atoms with Crippen molar-refractivity contribution in [2.24, 2.45) is 0 Å². The molecule has 1 aromatic carbocycles. The van der Waals surface area contributed by atoms with Gasteiger partial charge in [-0.2, -0.15) is 13.7 Å². The van der Waals surface area contributed by atoms with E-state index in [0.717, 1.165) is 16.9 Å². The van der Waals surface area contributed by atoms with E-state index in [2.05, 4.69) is 26.1 Å². The van der Waals surface area contributed by atoms with Crippen LogP contribution in [0.1, 0.15) is 20.8 Å². The number of nitriles is 1. The Kier molecular flexibility index (Phi) is 4.99. The molecule has 0 aliphatic carbocycles. The Morgan fingerprint density at radius 3 is 2.83 bits per heavy atom. The lowest BCUT2D eigenvalue weighted by Crippen LogP contribution is -2.46. The SMILES string of the molecule is Cc1ccc(NS(=O)(=O)c2ncc(C(=O)N3CCNCC3)s2)c2[nH]cc(C#N)c12. The third-order valence-electron chi connectivity index (χ3n) is 4.74. The number of carbonyl (C=O) groups is 1. The predicted molar refractivity (Wildman–Crippen MR) is 109 cm³/mol. The van der Waals surface area contributed by atoms with Gasteiger partial charge in [-0.3, -0.25) is 9.52 Å². The van der Waals surface area contributed by atoms with Crippen LogP contribution >= 0.6 is 11.3 Å². The summed E-state index contributed by atoms with van der Waals surface area (Å²) in [6.45, 7) is 4.42. The van der Waals surface area contributed by atoms with Gasteiger partial charge in [-0.15, -0.1) is 0 Å². The third-order valence-corrected chi connectivity index (χ3v) is 7.48. The van der Waals surface area contributed by atoms with Crippen LogP contribution in [-0.2, 0) is 10.0 Å². The Morgan fingerprint density at radius 2 is 2.10 bits per heavy atom. The van der Waals surface area contributed by atoms with Crippen LogP contribution in [0.4, 0.5) is 5.69 Å². The molecule has 29 heavy (non-hydrogen) atoms. The Labute approximate surface area is 171 Å². The molecule has 1 aliphatic rings. The minimum absolute atomic E-state index is 0.184. The molecule has 1 amide bonds. The molecule has 11 heteroatoms. The zero-order valence-electron chi connectivity index (χ0n) is 15.5. The van der Waals surface area contributed by atoms with Gasteiger partial charge in [0.1, 0.15) is 10.9 Å². The molecule has 0 bridgehead atoms. The summed E-state index contributed by atoms with van der Waals surface area (Å²) in [5, 5.41) is 13.1. The van der Waals surface area contributed by atoms with E-state index in [0.29, 0.717) is 48.3 Å². The number of carbonyl (C=O) groups excluding carboxylic acids is 1. The molecule has 3 N–H and O–H groups in total. The van der Waals surface area contributed by atoms with E-state index in [-0.39, 0.29) is 15.1 Å². The Morgan fingerprint density at radius 1 is 1.34 bits per heavy atom. The summed E-state index contributed by atoms with van der Waals surface area (Å²) in [5.74, 6) is -0.216. The van der Waals surface area contributed by atoms with Crippen LogP contribution in [0.3, 0.4) is 0 Å². The van der Waals surface area contributed by atoms with Gasteiger partial charge in [0.2, 0.25) is 4.34 Å². The molecule has 1 fully saturated rings. The van der Waals surface area contributed by atoms with Crippen molar-refractivity contribution >= 4 is 43.9 Å². The number of fused-ring (bicyclic) bond motifs is 1. The van der Waals surface area contributed by atoms with E-state index in [1.165, 1.54) is 6.20 Å². The van der Waals surface area contributed by atoms with Gasteiger partial charge in [-0.1, -0.05) is 17.4 Å². The molecule has 1 aliphatic heterocycles. The lowest BCUT2D eigenvalue weighted by molar-refractivity contribution is 0.0740. The van der Waals surface area contributed by atoms with Crippen molar-refractivity contribution in [1.29, 1.82) is 5.26 Å². The van der Waals surface area contributed by atoms with Gasteiger partial charge in [0.05, 0.1) is 23.0 Å². The number of anilines is 1. The van der Waals surface area contributed by atoms with Gasteiger partial charge < -0.3 is 15.2 Å². The second kappa shape index (κ2) is 7.47. The van der Waals surface area contributed by atoms with E-state index >= 15 is 0 Å². The van der Waals surface area contributed by atoms with Crippen molar-refractivity contribution in [3.63, 3.8) is 0 Å². The third kappa shape index (κ3) is 3.57. The number of nitrogens with zero attached hydrogens (tertiary/aromatic N) is 3. The maximum absolute atomic E-state index is 12.8. The van der Waals surface area contributed by atoms with Crippen molar-refractivity contribution in [3.8, 4) is 6.07 Å². The van der Waals surface area contributed by atoms with Crippen molar-refractivity contribution in [3.05, 3.63) is 40.5 Å². The van der Waals surface area contributed by atoms with E-state index in [4.69, 9.17) is 0 Å². The monoisotopic (exact) mass is 430 g/mol. The molecule has 4 rings (SSSR count). The highest BCUT2D eigenvalue weighted by molar-refractivity contribution is 7.94. The number of nitrogens with one attached hydrogen (secondary N) is 3. The zero-order valence-corrected chi connectivity index (χ0v) is 17.2. The number of hydrogen-bond acceptors (Lipinski definition) is 7. The van der Waals surface area contributed by atoms with Crippen molar-refractivity contribution in [1.82, 2.24) is 20.2 Å². The molecule has 1 saturated heterocycles. The summed E-state index contributed by atoms with van der Waals surface area (Å²) in [5.41, 5.74) is 2.15. The summed E-state index contributed by atoms with van der Waals surface area (Å²) in [7, 11) is -3.99. The second-order valence-electron chi connectivity index (χ2n) is 6.63. The number of hydrogen-bond donors (Lipinski definition) is 3. The van der Waals surface area contributed by atoms with Gasteiger partial charge in [0, 0.05) is 37.8 Å². The molecule has 9 nitrogen and oxygen atoms in total. The average molecular weight is 431 g/mol. The first-order valence-corrected chi connectivity index (χ1v) is 11.2. The molecule has 0 unspecified atom stereocenters. The molecular weight excluding hydrogens is 412 g/mol. The lowest BCUT2D eigenvalue weighted by Gasteiger charge is -2.26. The number of aromatic nitrogens is 2. The smallest absolute Gasteiger partial charge is 0.289 e. The van der Waals surface area contributed by atoms with Crippen LogP contribution < -0.4 is 10.0 Å². The fourth-order valence-corrected chi connectivity index (χ4v) is 5.47. The van der Waals surface area contributed by atoms with Crippen LogP contribution in [0.15, 0.2) is 28.9 Å². The number of aromatic amines is 1. The number of benzene rings is 1. The molecule has 0 saturated carbocycles. The maximum Gasteiger partial charge on any atom is 0.289 e. The Hall–Kier alpha value is -2.94. The largest absolute Gasteiger partial charge is 0.358 e. The molecule has 3 heterocycles. The first kappa shape index (κ1) is 19.4. The summed E-state index contributed by atoms with van der Waals surface area (Å²) in [6.07, 6.45) is 2.85. The molecule has 0 radical (unpaired) electrons. The molecular formula is C18H18N6O3S2. The number of H-pyrrole nitrogens is 1. The second-order valence-corrected chi connectivity index (χ2v) is 9.52. The first-order chi connectivity index (χ1) is 13.9. The van der Waals surface area contributed by atoms with Crippen molar-refractivity contribution in [2.45, 2.75) is 11.3 Å². The minimum atomic E-state index is -3.99. The molecule has 3 aromatic rings. The van der Waals surface area contributed by atoms with Gasteiger partial charge >= 0.3 is 0 Å². The minimum Gasteiger partial charge on any atom is -0.358 e. The lowest BCUT2D eigenvalue weighted by atomic mass is 10.1. The quantitative estimate of drug-likeness (QED) is 0.577. The summed E-state index contributed by atoms with van der Waals surface area (Å²) in [4.78, 5) is 21.4. The highest BCUT2D eigenvalue weighted by Crippen LogP contribution is 2.30. The average Bonchev–Trinajstić information content (AvgIpc) is 3.38. The normalized spacial score (nSPS) is 14.7. The number of amides is 1. The molecule has 150 valence electrons. The highest BCUT2D eigenvalue weighted by Gasteiger charge is 2.25. The summed E-state index contributed by atoms with van der Waals surface area (Å²) >= 11 is 0.843. The van der Waals surface area contributed by atoms with Crippen molar-refractivity contribution < 1.29 is 13.2 Å². The number of sulfonamides is 1. The van der Waals surface area contributed by atoms with Crippen LogP contribution in [-0.4, -0.2) is 55.4 Å². The fourth-order valence-electron chi connectivity index (χ4n) is 3.29. The van der Waals surface area contributed by atoms with E-state index in [1.54, 1.807) is 23.2 Å². The van der Waals surface area contributed by atoms with Crippen LogP contribution in [0.2, 0.25) is 0 Å². The molecule has 0 atom stereocenters. The fraction of sp³-hybridized carbons (Fsp3) is 0.278. The van der Waals surface area contributed by atoms with Gasteiger partial charge in [0.25, 0.3) is 15.9 Å². The summed E-state index contributed by atoms with van der Waals surface area (Å²) in [6, 6.07) is 5.47. The zero-order chi connectivity index (χ0) is 20.6. The predicted octanol–water partition coefficient (Wildman–Crippen LogP) is 1.65. The highest BCUT2D eigenvalue weighted by atomic mass is 32.2.